The maximum atomic E-state index is 4.46. The van der Waals surface area contributed by atoms with Crippen LogP contribution in [0.1, 0.15) is 0 Å². The first-order valence-electron chi connectivity index (χ1n) is 6.17. The molecule has 0 atom stereocenters. The second-order valence-corrected chi connectivity index (χ2v) is 6.47. The molecule has 0 aliphatic rings. The molecular weight excluding hydrogens is 297 g/mol. The van der Waals surface area contributed by atoms with Crippen molar-refractivity contribution in [3.05, 3.63) is 79.0 Å². The van der Waals surface area contributed by atoms with Gasteiger partial charge in [-0.2, -0.15) is 0 Å². The van der Waals surface area contributed by atoms with Gasteiger partial charge in [-0.05, 0) is 0 Å². The first-order valence-corrected chi connectivity index (χ1v) is 7.88. The summed E-state index contributed by atoms with van der Waals surface area (Å²) >= 11 is 0.315. The van der Waals surface area contributed by atoms with Crippen molar-refractivity contribution >= 4 is 23.9 Å². The van der Waals surface area contributed by atoms with E-state index in [4.69, 9.17) is 0 Å². The van der Waals surface area contributed by atoms with Crippen LogP contribution in [0.2, 0.25) is 0 Å². The zero-order valence-corrected chi connectivity index (χ0v) is 12.1. The SMILES string of the molecule is c1ccc([Se]c2ccccc2-c2ccccn2)cc1. The summed E-state index contributed by atoms with van der Waals surface area (Å²) in [5.41, 5.74) is 2.29. The number of pyridine rings is 1. The van der Waals surface area contributed by atoms with E-state index in [9.17, 15) is 0 Å². The van der Waals surface area contributed by atoms with Gasteiger partial charge in [0.15, 0.2) is 0 Å². The van der Waals surface area contributed by atoms with Crippen LogP contribution in [-0.2, 0) is 0 Å². The molecule has 0 fully saturated rings. The molecule has 92 valence electrons. The molecule has 0 aliphatic carbocycles. The Morgan fingerprint density at radius 3 is 2.21 bits per heavy atom. The topological polar surface area (TPSA) is 12.9 Å². The standard InChI is InChI=1S/C17H13NSe/c1-2-8-14(9-3-1)19-17-12-5-4-10-15(17)16-11-6-7-13-18-16/h1-13H. The van der Waals surface area contributed by atoms with Gasteiger partial charge in [-0.25, -0.2) is 0 Å². The van der Waals surface area contributed by atoms with Gasteiger partial charge in [0.25, 0.3) is 0 Å². The van der Waals surface area contributed by atoms with Gasteiger partial charge in [0.05, 0.1) is 0 Å². The normalized spacial score (nSPS) is 10.3. The Bertz CT molecular complexity index is 650. The summed E-state index contributed by atoms with van der Waals surface area (Å²) < 4.78 is 2.76. The summed E-state index contributed by atoms with van der Waals surface area (Å²) in [6, 6.07) is 25.2. The van der Waals surface area contributed by atoms with Crippen LogP contribution >= 0.6 is 0 Å². The predicted molar refractivity (Wildman–Crippen MR) is 81.1 cm³/mol. The van der Waals surface area contributed by atoms with Crippen molar-refractivity contribution < 1.29 is 0 Å². The van der Waals surface area contributed by atoms with E-state index in [1.165, 1.54) is 14.5 Å². The van der Waals surface area contributed by atoms with Crippen molar-refractivity contribution in [2.45, 2.75) is 0 Å². The van der Waals surface area contributed by atoms with Crippen molar-refractivity contribution in [2.75, 3.05) is 0 Å². The summed E-state index contributed by atoms with van der Waals surface area (Å²) in [5.74, 6) is 0. The zero-order chi connectivity index (χ0) is 12.9. The molecule has 1 aromatic heterocycles. The average molecular weight is 310 g/mol. The summed E-state index contributed by atoms with van der Waals surface area (Å²) in [5, 5.41) is 0. The fraction of sp³-hybridized carbons (Fsp3) is 0. The Hall–Kier alpha value is -1.89. The molecule has 0 saturated carbocycles. The van der Waals surface area contributed by atoms with E-state index in [-0.39, 0.29) is 0 Å². The van der Waals surface area contributed by atoms with Crippen LogP contribution in [0.15, 0.2) is 79.0 Å². The zero-order valence-electron chi connectivity index (χ0n) is 10.4. The molecule has 19 heavy (non-hydrogen) atoms. The second kappa shape index (κ2) is 5.83. The Morgan fingerprint density at radius 1 is 0.684 bits per heavy atom. The van der Waals surface area contributed by atoms with E-state index in [1.54, 1.807) is 0 Å². The molecule has 0 spiro atoms. The van der Waals surface area contributed by atoms with Crippen LogP contribution in [0.5, 0.6) is 0 Å². The minimum absolute atomic E-state index is 0.315. The van der Waals surface area contributed by atoms with Crippen molar-refractivity contribution in [3.8, 4) is 11.3 Å². The molecule has 1 nitrogen and oxygen atoms in total. The Morgan fingerprint density at radius 2 is 1.42 bits per heavy atom. The van der Waals surface area contributed by atoms with Crippen LogP contribution in [0.3, 0.4) is 0 Å². The van der Waals surface area contributed by atoms with Crippen molar-refractivity contribution in [1.29, 1.82) is 0 Å². The van der Waals surface area contributed by atoms with Gasteiger partial charge < -0.3 is 0 Å². The third kappa shape index (κ3) is 2.93. The predicted octanol–water partition coefficient (Wildman–Crippen LogP) is 2.40. The molecule has 0 amide bonds. The summed E-state index contributed by atoms with van der Waals surface area (Å²) in [6.07, 6.45) is 1.85. The van der Waals surface area contributed by atoms with E-state index in [0.29, 0.717) is 15.0 Å². The third-order valence-electron chi connectivity index (χ3n) is 2.80. The summed E-state index contributed by atoms with van der Waals surface area (Å²) in [6.45, 7) is 0. The van der Waals surface area contributed by atoms with Gasteiger partial charge in [-0.1, -0.05) is 0 Å². The first-order chi connectivity index (χ1) is 9.43. The van der Waals surface area contributed by atoms with Crippen LogP contribution in [-0.4, -0.2) is 19.9 Å². The van der Waals surface area contributed by atoms with E-state index in [2.05, 4.69) is 65.6 Å². The van der Waals surface area contributed by atoms with Gasteiger partial charge in [0, 0.05) is 0 Å². The second-order valence-electron chi connectivity index (χ2n) is 4.13. The first kappa shape index (κ1) is 12.2. The monoisotopic (exact) mass is 311 g/mol. The number of hydrogen-bond donors (Lipinski definition) is 0. The molecule has 0 radical (unpaired) electrons. The van der Waals surface area contributed by atoms with Crippen molar-refractivity contribution in [3.63, 3.8) is 0 Å². The third-order valence-corrected chi connectivity index (χ3v) is 5.07. The van der Waals surface area contributed by atoms with Crippen LogP contribution in [0, 0.1) is 0 Å². The molecule has 2 aromatic carbocycles. The molecule has 1 heterocycles. The summed E-state index contributed by atoms with van der Waals surface area (Å²) in [4.78, 5) is 4.46. The quantitative estimate of drug-likeness (QED) is 0.677. The molecule has 0 saturated heterocycles. The molecule has 0 N–H and O–H groups in total. The van der Waals surface area contributed by atoms with Gasteiger partial charge in [0.2, 0.25) is 0 Å². The maximum absolute atomic E-state index is 4.46. The Balaban J connectivity index is 1.99. The minimum atomic E-state index is 0.315. The van der Waals surface area contributed by atoms with Crippen LogP contribution in [0.25, 0.3) is 11.3 Å². The molecule has 0 aliphatic heterocycles. The van der Waals surface area contributed by atoms with E-state index in [1.807, 2.05) is 18.3 Å². The van der Waals surface area contributed by atoms with Crippen molar-refractivity contribution in [1.82, 2.24) is 4.98 Å². The fourth-order valence-corrected chi connectivity index (χ4v) is 3.95. The number of aromatic nitrogens is 1. The van der Waals surface area contributed by atoms with E-state index >= 15 is 0 Å². The Labute approximate surface area is 119 Å². The van der Waals surface area contributed by atoms with Crippen molar-refractivity contribution in [2.24, 2.45) is 0 Å². The molecule has 0 unspecified atom stereocenters. The average Bonchev–Trinajstić information content (AvgIpc) is 2.50. The molecule has 0 bridgehead atoms. The van der Waals surface area contributed by atoms with E-state index < -0.39 is 0 Å². The molecular formula is C17H13NSe. The van der Waals surface area contributed by atoms with Crippen LogP contribution < -0.4 is 8.92 Å². The number of benzene rings is 2. The van der Waals surface area contributed by atoms with Crippen LogP contribution in [0.4, 0.5) is 0 Å². The van der Waals surface area contributed by atoms with Gasteiger partial charge in [-0.15, -0.1) is 0 Å². The number of hydrogen-bond acceptors (Lipinski definition) is 1. The molecule has 3 aromatic rings. The fourth-order valence-electron chi connectivity index (χ4n) is 1.90. The van der Waals surface area contributed by atoms with Gasteiger partial charge in [-0.3, -0.25) is 0 Å². The number of nitrogens with zero attached hydrogens (tertiary/aromatic N) is 1. The number of rotatable bonds is 3. The summed E-state index contributed by atoms with van der Waals surface area (Å²) in [7, 11) is 0. The molecule has 3 rings (SSSR count). The van der Waals surface area contributed by atoms with Gasteiger partial charge >= 0.3 is 119 Å². The van der Waals surface area contributed by atoms with Gasteiger partial charge in [0.1, 0.15) is 0 Å². The van der Waals surface area contributed by atoms with E-state index in [0.717, 1.165) is 5.69 Å². The Kier molecular flexibility index (Phi) is 3.73. The molecule has 2 heteroatoms.